The summed E-state index contributed by atoms with van der Waals surface area (Å²) >= 11 is 11.9. The molecule has 0 fully saturated rings. The molecular formula is C17H17Cl2NO. The molecule has 4 heteroatoms. The van der Waals surface area contributed by atoms with E-state index in [0.717, 1.165) is 12.1 Å². The van der Waals surface area contributed by atoms with E-state index >= 15 is 0 Å². The standard InChI is InChI=1S/C17H17Cl2NO/c1-3-11(2)12-4-7-14(8-5-12)20-17(21)15-10-13(18)6-9-16(15)19/h4-11H,3H2,1-2H3,(H,20,21)/t11-/m1/s1. The van der Waals surface area contributed by atoms with Gasteiger partial charge in [0.2, 0.25) is 0 Å². The molecule has 1 N–H and O–H groups in total. The van der Waals surface area contributed by atoms with E-state index in [-0.39, 0.29) is 5.91 Å². The first-order valence-corrected chi connectivity index (χ1v) is 7.63. The highest BCUT2D eigenvalue weighted by Gasteiger charge is 2.11. The van der Waals surface area contributed by atoms with Crippen LogP contribution >= 0.6 is 23.2 Å². The van der Waals surface area contributed by atoms with Crippen LogP contribution in [0.4, 0.5) is 5.69 Å². The van der Waals surface area contributed by atoms with Gasteiger partial charge in [0.25, 0.3) is 5.91 Å². The minimum atomic E-state index is -0.265. The van der Waals surface area contributed by atoms with Crippen molar-refractivity contribution >= 4 is 34.8 Å². The maximum absolute atomic E-state index is 12.2. The second kappa shape index (κ2) is 6.97. The minimum absolute atomic E-state index is 0.265. The minimum Gasteiger partial charge on any atom is -0.322 e. The van der Waals surface area contributed by atoms with Crippen LogP contribution in [0.2, 0.25) is 10.0 Å². The molecule has 0 aliphatic carbocycles. The molecule has 21 heavy (non-hydrogen) atoms. The largest absolute Gasteiger partial charge is 0.322 e. The molecule has 0 bridgehead atoms. The van der Waals surface area contributed by atoms with E-state index < -0.39 is 0 Å². The van der Waals surface area contributed by atoms with Gasteiger partial charge in [-0.15, -0.1) is 0 Å². The average molecular weight is 322 g/mol. The topological polar surface area (TPSA) is 29.1 Å². The van der Waals surface area contributed by atoms with E-state index in [9.17, 15) is 4.79 Å². The number of hydrogen-bond donors (Lipinski definition) is 1. The molecule has 0 heterocycles. The second-order valence-electron chi connectivity index (χ2n) is 5.01. The van der Waals surface area contributed by atoms with Crippen LogP contribution in [0, 0.1) is 0 Å². The summed E-state index contributed by atoms with van der Waals surface area (Å²) in [6.07, 6.45) is 1.09. The van der Waals surface area contributed by atoms with E-state index in [1.54, 1.807) is 18.2 Å². The van der Waals surface area contributed by atoms with Crippen LogP contribution in [0.5, 0.6) is 0 Å². The molecule has 0 aliphatic rings. The third kappa shape index (κ3) is 3.99. The van der Waals surface area contributed by atoms with Crippen LogP contribution in [0.25, 0.3) is 0 Å². The molecule has 110 valence electrons. The van der Waals surface area contributed by atoms with Crippen LogP contribution in [0.3, 0.4) is 0 Å². The van der Waals surface area contributed by atoms with Crippen LogP contribution < -0.4 is 5.32 Å². The van der Waals surface area contributed by atoms with Crippen molar-refractivity contribution in [1.29, 1.82) is 0 Å². The van der Waals surface area contributed by atoms with Crippen LogP contribution in [0.1, 0.15) is 42.1 Å². The summed E-state index contributed by atoms with van der Waals surface area (Å²) in [5.74, 6) is 0.246. The lowest BCUT2D eigenvalue weighted by Crippen LogP contribution is -2.12. The van der Waals surface area contributed by atoms with Gasteiger partial charge in [0.1, 0.15) is 0 Å². The lowest BCUT2D eigenvalue weighted by molar-refractivity contribution is 0.102. The van der Waals surface area contributed by atoms with Crippen LogP contribution in [-0.2, 0) is 0 Å². The van der Waals surface area contributed by atoms with Crippen molar-refractivity contribution in [2.24, 2.45) is 0 Å². The van der Waals surface area contributed by atoms with Gasteiger partial charge >= 0.3 is 0 Å². The maximum Gasteiger partial charge on any atom is 0.257 e. The molecule has 0 aliphatic heterocycles. The molecule has 2 aromatic carbocycles. The fraction of sp³-hybridized carbons (Fsp3) is 0.235. The van der Waals surface area contributed by atoms with Crippen molar-refractivity contribution in [3.8, 4) is 0 Å². The van der Waals surface area contributed by atoms with Crippen molar-refractivity contribution in [3.63, 3.8) is 0 Å². The van der Waals surface area contributed by atoms with Gasteiger partial charge in [-0.3, -0.25) is 4.79 Å². The Kier molecular flexibility index (Phi) is 5.27. The van der Waals surface area contributed by atoms with Gasteiger partial charge in [-0.25, -0.2) is 0 Å². The van der Waals surface area contributed by atoms with Crippen molar-refractivity contribution in [3.05, 3.63) is 63.6 Å². The van der Waals surface area contributed by atoms with Gasteiger partial charge in [-0.05, 0) is 48.2 Å². The van der Waals surface area contributed by atoms with E-state index in [1.165, 1.54) is 5.56 Å². The highest BCUT2D eigenvalue weighted by Crippen LogP contribution is 2.23. The lowest BCUT2D eigenvalue weighted by Gasteiger charge is -2.11. The Bertz CT molecular complexity index is 638. The van der Waals surface area contributed by atoms with Crippen molar-refractivity contribution in [2.45, 2.75) is 26.2 Å². The molecule has 2 aromatic rings. The monoisotopic (exact) mass is 321 g/mol. The highest BCUT2D eigenvalue weighted by molar-refractivity contribution is 6.36. The third-order valence-corrected chi connectivity index (χ3v) is 4.09. The fourth-order valence-corrected chi connectivity index (χ4v) is 2.38. The smallest absolute Gasteiger partial charge is 0.257 e. The molecule has 2 nitrogen and oxygen atoms in total. The summed E-state index contributed by atoms with van der Waals surface area (Å²) in [6.45, 7) is 4.33. The van der Waals surface area contributed by atoms with Gasteiger partial charge in [0.05, 0.1) is 10.6 Å². The van der Waals surface area contributed by atoms with E-state index in [0.29, 0.717) is 21.5 Å². The van der Waals surface area contributed by atoms with Gasteiger partial charge in [0.15, 0.2) is 0 Å². The molecule has 0 saturated heterocycles. The number of amides is 1. The fourth-order valence-electron chi connectivity index (χ4n) is 2.00. The first kappa shape index (κ1) is 15.9. The highest BCUT2D eigenvalue weighted by atomic mass is 35.5. The van der Waals surface area contributed by atoms with E-state index in [2.05, 4.69) is 19.2 Å². The number of carbonyl (C=O) groups is 1. The molecule has 0 aromatic heterocycles. The summed E-state index contributed by atoms with van der Waals surface area (Å²) in [7, 11) is 0. The van der Waals surface area contributed by atoms with E-state index in [4.69, 9.17) is 23.2 Å². The molecule has 0 unspecified atom stereocenters. The van der Waals surface area contributed by atoms with Crippen molar-refractivity contribution < 1.29 is 4.79 Å². The summed E-state index contributed by atoms with van der Waals surface area (Å²) in [5.41, 5.74) is 2.37. The summed E-state index contributed by atoms with van der Waals surface area (Å²) in [5, 5.41) is 3.69. The Morgan fingerprint density at radius 3 is 2.43 bits per heavy atom. The molecule has 0 saturated carbocycles. The zero-order valence-corrected chi connectivity index (χ0v) is 13.5. The predicted molar refractivity (Wildman–Crippen MR) is 89.6 cm³/mol. The molecular weight excluding hydrogens is 305 g/mol. The lowest BCUT2D eigenvalue weighted by atomic mass is 9.98. The number of hydrogen-bond acceptors (Lipinski definition) is 1. The number of carbonyl (C=O) groups excluding carboxylic acids is 1. The number of rotatable bonds is 4. The Hall–Kier alpha value is -1.51. The quantitative estimate of drug-likeness (QED) is 0.762. The summed E-state index contributed by atoms with van der Waals surface area (Å²) in [6, 6.07) is 12.7. The maximum atomic E-state index is 12.2. The van der Waals surface area contributed by atoms with Crippen LogP contribution in [0.15, 0.2) is 42.5 Å². The first-order valence-electron chi connectivity index (χ1n) is 6.87. The van der Waals surface area contributed by atoms with Gasteiger partial charge in [0, 0.05) is 10.7 Å². The number of anilines is 1. The zero-order valence-electron chi connectivity index (χ0n) is 12.0. The van der Waals surface area contributed by atoms with Crippen LogP contribution in [-0.4, -0.2) is 5.91 Å². The van der Waals surface area contributed by atoms with Crippen molar-refractivity contribution in [1.82, 2.24) is 0 Å². The first-order chi connectivity index (χ1) is 10.0. The normalized spacial score (nSPS) is 12.0. The number of halogens is 2. The van der Waals surface area contributed by atoms with Gasteiger partial charge < -0.3 is 5.32 Å². The Morgan fingerprint density at radius 2 is 1.81 bits per heavy atom. The van der Waals surface area contributed by atoms with E-state index in [1.807, 2.05) is 24.3 Å². The SMILES string of the molecule is CC[C@@H](C)c1ccc(NC(=O)c2cc(Cl)ccc2Cl)cc1. The molecule has 1 amide bonds. The Morgan fingerprint density at radius 1 is 1.14 bits per heavy atom. The number of benzene rings is 2. The molecule has 2 rings (SSSR count). The Balaban J connectivity index is 2.14. The third-order valence-electron chi connectivity index (χ3n) is 3.52. The molecule has 0 spiro atoms. The second-order valence-corrected chi connectivity index (χ2v) is 5.85. The predicted octanol–water partition coefficient (Wildman–Crippen LogP) is 5.76. The molecule has 0 radical (unpaired) electrons. The number of nitrogens with one attached hydrogen (secondary N) is 1. The summed E-state index contributed by atoms with van der Waals surface area (Å²) in [4.78, 5) is 12.2. The summed E-state index contributed by atoms with van der Waals surface area (Å²) < 4.78 is 0. The average Bonchev–Trinajstić information content (AvgIpc) is 2.49. The molecule has 1 atom stereocenters. The van der Waals surface area contributed by atoms with Crippen molar-refractivity contribution in [2.75, 3.05) is 5.32 Å². The van der Waals surface area contributed by atoms with Gasteiger partial charge in [-0.2, -0.15) is 0 Å². The zero-order chi connectivity index (χ0) is 15.4. The van der Waals surface area contributed by atoms with Gasteiger partial charge in [-0.1, -0.05) is 49.2 Å². The Labute approximate surface area is 135 Å².